The van der Waals surface area contributed by atoms with Crippen LogP contribution in [0.15, 0.2) is 18.2 Å². The van der Waals surface area contributed by atoms with Gasteiger partial charge in [0.15, 0.2) is 0 Å². The van der Waals surface area contributed by atoms with Crippen molar-refractivity contribution in [2.75, 3.05) is 13.2 Å². The molecule has 2 heteroatoms. The molecule has 1 heterocycles. The number of hydrogen-bond donors (Lipinski definition) is 1. The minimum atomic E-state index is 0.656. The fraction of sp³-hybridized carbons (Fsp3) is 0.538. The molecule has 0 spiro atoms. The molecule has 1 aromatic rings. The van der Waals surface area contributed by atoms with Crippen LogP contribution in [0.25, 0.3) is 0 Å². The predicted octanol–water partition coefficient (Wildman–Crippen LogP) is 2.07. The van der Waals surface area contributed by atoms with Crippen LogP contribution in [0.2, 0.25) is 0 Å². The van der Waals surface area contributed by atoms with Gasteiger partial charge in [-0.3, -0.25) is 0 Å². The van der Waals surface area contributed by atoms with Gasteiger partial charge in [0.25, 0.3) is 0 Å². The lowest BCUT2D eigenvalue weighted by Crippen LogP contribution is -2.30. The Kier molecular flexibility index (Phi) is 2.17. The summed E-state index contributed by atoms with van der Waals surface area (Å²) in [4.78, 5) is 0. The first-order chi connectivity index (χ1) is 7.40. The summed E-state index contributed by atoms with van der Waals surface area (Å²) < 4.78 is 5.74. The zero-order chi connectivity index (χ0) is 10.3. The van der Waals surface area contributed by atoms with E-state index in [1.165, 1.54) is 29.7 Å². The minimum Gasteiger partial charge on any atom is -0.493 e. The van der Waals surface area contributed by atoms with Gasteiger partial charge in [0, 0.05) is 6.42 Å². The summed E-state index contributed by atoms with van der Waals surface area (Å²) in [5.74, 6) is 2.50. The Morgan fingerprint density at radius 1 is 1.33 bits per heavy atom. The number of rotatable bonds is 2. The van der Waals surface area contributed by atoms with E-state index in [0.717, 1.165) is 19.6 Å². The van der Waals surface area contributed by atoms with Crippen molar-refractivity contribution in [1.29, 1.82) is 0 Å². The van der Waals surface area contributed by atoms with Crippen molar-refractivity contribution in [1.82, 2.24) is 0 Å². The van der Waals surface area contributed by atoms with Gasteiger partial charge in [-0.25, -0.2) is 0 Å². The molecule has 0 saturated heterocycles. The van der Waals surface area contributed by atoms with Gasteiger partial charge in [0.2, 0.25) is 0 Å². The van der Waals surface area contributed by atoms with Gasteiger partial charge >= 0.3 is 0 Å². The maximum Gasteiger partial charge on any atom is 0.126 e. The largest absolute Gasteiger partial charge is 0.493 e. The third kappa shape index (κ3) is 1.36. The first-order valence-electron chi connectivity index (χ1n) is 5.85. The van der Waals surface area contributed by atoms with Crippen LogP contribution in [0.1, 0.15) is 29.9 Å². The number of hydrogen-bond acceptors (Lipinski definition) is 2. The molecule has 1 aromatic carbocycles. The van der Waals surface area contributed by atoms with E-state index in [1.807, 2.05) is 0 Å². The van der Waals surface area contributed by atoms with Crippen LogP contribution < -0.4 is 10.5 Å². The summed E-state index contributed by atoms with van der Waals surface area (Å²) in [6.07, 6.45) is 3.63. The summed E-state index contributed by atoms with van der Waals surface area (Å²) in [6.45, 7) is 1.67. The van der Waals surface area contributed by atoms with Crippen molar-refractivity contribution in [3.05, 3.63) is 29.3 Å². The lowest BCUT2D eigenvalue weighted by molar-refractivity contribution is 0.254. The molecule has 1 fully saturated rings. The second-order valence-electron chi connectivity index (χ2n) is 4.61. The molecule has 2 N–H and O–H groups in total. The Balaban J connectivity index is 1.95. The number of benzene rings is 1. The highest BCUT2D eigenvalue weighted by molar-refractivity contribution is 5.46. The van der Waals surface area contributed by atoms with Gasteiger partial charge in [-0.1, -0.05) is 18.2 Å². The average Bonchev–Trinajstić information content (AvgIpc) is 2.65. The molecule has 1 aliphatic heterocycles. The molecule has 3 rings (SSSR count). The maximum absolute atomic E-state index is 5.77. The van der Waals surface area contributed by atoms with E-state index in [4.69, 9.17) is 10.5 Å². The second-order valence-corrected chi connectivity index (χ2v) is 4.61. The van der Waals surface area contributed by atoms with Crippen LogP contribution in [0, 0.1) is 5.92 Å². The third-order valence-electron chi connectivity index (χ3n) is 3.86. The molecule has 2 aliphatic rings. The zero-order valence-electron chi connectivity index (χ0n) is 8.91. The van der Waals surface area contributed by atoms with E-state index < -0.39 is 0 Å². The standard InChI is InChI=1S/C13H17NO/c14-8-10-4-5-11(10)12-3-1-2-9-6-7-15-13(9)12/h1-3,10-11H,4-8,14H2. The van der Waals surface area contributed by atoms with Gasteiger partial charge in [-0.05, 0) is 42.3 Å². The second kappa shape index (κ2) is 3.53. The highest BCUT2D eigenvalue weighted by Crippen LogP contribution is 2.47. The molecule has 1 aliphatic carbocycles. The minimum absolute atomic E-state index is 0.656. The first-order valence-corrected chi connectivity index (χ1v) is 5.85. The maximum atomic E-state index is 5.77. The van der Waals surface area contributed by atoms with Crippen molar-refractivity contribution in [3.8, 4) is 5.75 Å². The van der Waals surface area contributed by atoms with Crippen LogP contribution in [-0.4, -0.2) is 13.2 Å². The quantitative estimate of drug-likeness (QED) is 0.798. The number of fused-ring (bicyclic) bond motifs is 1. The monoisotopic (exact) mass is 203 g/mol. The van der Waals surface area contributed by atoms with Crippen LogP contribution in [0.5, 0.6) is 5.75 Å². The van der Waals surface area contributed by atoms with Crippen molar-refractivity contribution >= 4 is 0 Å². The summed E-state index contributed by atoms with van der Waals surface area (Å²) in [7, 11) is 0. The fourth-order valence-corrected chi connectivity index (χ4v) is 2.79. The zero-order valence-corrected chi connectivity index (χ0v) is 8.91. The van der Waals surface area contributed by atoms with Gasteiger partial charge in [0.1, 0.15) is 5.75 Å². The molecule has 0 bridgehead atoms. The third-order valence-corrected chi connectivity index (χ3v) is 3.86. The number of para-hydroxylation sites is 1. The molecular formula is C13H17NO. The Morgan fingerprint density at radius 3 is 3.00 bits per heavy atom. The number of nitrogens with two attached hydrogens (primary N) is 1. The van der Waals surface area contributed by atoms with Crippen molar-refractivity contribution in [2.45, 2.75) is 25.2 Å². The van der Waals surface area contributed by atoms with Gasteiger partial charge in [0.05, 0.1) is 6.61 Å². The molecule has 0 aromatic heterocycles. The van der Waals surface area contributed by atoms with Crippen LogP contribution >= 0.6 is 0 Å². The molecule has 80 valence electrons. The lowest BCUT2D eigenvalue weighted by Gasteiger charge is -2.36. The SMILES string of the molecule is NCC1CCC1c1cccc2c1OCC2. The Bertz CT molecular complexity index is 373. The van der Waals surface area contributed by atoms with Crippen molar-refractivity contribution < 1.29 is 4.74 Å². The van der Waals surface area contributed by atoms with Crippen LogP contribution in [0.3, 0.4) is 0 Å². The highest BCUT2D eigenvalue weighted by Gasteiger charge is 2.34. The summed E-state index contributed by atoms with van der Waals surface area (Å²) in [5, 5.41) is 0. The molecule has 15 heavy (non-hydrogen) atoms. The van der Waals surface area contributed by atoms with E-state index in [-0.39, 0.29) is 0 Å². The summed E-state index contributed by atoms with van der Waals surface area (Å²) in [5.41, 5.74) is 8.56. The molecular weight excluding hydrogens is 186 g/mol. The average molecular weight is 203 g/mol. The van der Waals surface area contributed by atoms with E-state index in [0.29, 0.717) is 11.8 Å². The Morgan fingerprint density at radius 2 is 2.27 bits per heavy atom. The topological polar surface area (TPSA) is 35.2 Å². The van der Waals surface area contributed by atoms with Gasteiger partial charge in [-0.2, -0.15) is 0 Å². The molecule has 2 atom stereocenters. The lowest BCUT2D eigenvalue weighted by atomic mass is 9.69. The molecule has 0 radical (unpaired) electrons. The predicted molar refractivity (Wildman–Crippen MR) is 60.2 cm³/mol. The van der Waals surface area contributed by atoms with Crippen molar-refractivity contribution in [3.63, 3.8) is 0 Å². The van der Waals surface area contributed by atoms with E-state index in [9.17, 15) is 0 Å². The molecule has 2 nitrogen and oxygen atoms in total. The molecule has 1 saturated carbocycles. The smallest absolute Gasteiger partial charge is 0.126 e. The Hall–Kier alpha value is -1.02. The molecule has 0 amide bonds. The van der Waals surface area contributed by atoms with E-state index >= 15 is 0 Å². The molecule has 2 unspecified atom stereocenters. The first kappa shape index (κ1) is 9.22. The van der Waals surface area contributed by atoms with Gasteiger partial charge in [-0.15, -0.1) is 0 Å². The summed E-state index contributed by atoms with van der Waals surface area (Å²) in [6, 6.07) is 6.56. The highest BCUT2D eigenvalue weighted by atomic mass is 16.5. The number of ether oxygens (including phenoxy) is 1. The van der Waals surface area contributed by atoms with E-state index in [2.05, 4.69) is 18.2 Å². The van der Waals surface area contributed by atoms with Crippen LogP contribution in [-0.2, 0) is 6.42 Å². The fourth-order valence-electron chi connectivity index (χ4n) is 2.79. The summed E-state index contributed by atoms with van der Waals surface area (Å²) >= 11 is 0. The van der Waals surface area contributed by atoms with E-state index in [1.54, 1.807) is 0 Å². The van der Waals surface area contributed by atoms with Crippen molar-refractivity contribution in [2.24, 2.45) is 11.7 Å². The van der Waals surface area contributed by atoms with Crippen LogP contribution in [0.4, 0.5) is 0 Å². The normalized spacial score (nSPS) is 28.1. The van der Waals surface area contributed by atoms with Gasteiger partial charge < -0.3 is 10.5 Å². The Labute approximate surface area is 90.4 Å².